The van der Waals surface area contributed by atoms with E-state index in [9.17, 15) is 0 Å². The van der Waals surface area contributed by atoms with E-state index in [2.05, 4.69) is 39.6 Å². The highest BCUT2D eigenvalue weighted by Crippen LogP contribution is 2.26. The van der Waals surface area contributed by atoms with Crippen molar-refractivity contribution in [3.8, 4) is 0 Å². The van der Waals surface area contributed by atoms with Gasteiger partial charge in [-0.3, -0.25) is 5.43 Å². The van der Waals surface area contributed by atoms with Crippen LogP contribution in [0.3, 0.4) is 0 Å². The summed E-state index contributed by atoms with van der Waals surface area (Å²) in [7, 11) is 0. The van der Waals surface area contributed by atoms with Crippen molar-refractivity contribution < 1.29 is 4.74 Å². The number of aromatic nitrogens is 3. The minimum atomic E-state index is 0.675. The zero-order valence-electron chi connectivity index (χ0n) is 18.3. The summed E-state index contributed by atoms with van der Waals surface area (Å²) in [5, 5.41) is 9.26. The lowest BCUT2D eigenvalue weighted by molar-refractivity contribution is 0.122. The van der Waals surface area contributed by atoms with Gasteiger partial charge in [-0.1, -0.05) is 30.9 Å². The van der Waals surface area contributed by atoms with Crippen LogP contribution < -0.4 is 15.2 Å². The number of piperidine rings is 1. The van der Waals surface area contributed by atoms with E-state index in [0.29, 0.717) is 19.0 Å². The maximum Gasteiger partial charge on any atom is 0.162 e. The minimum Gasteiger partial charge on any atom is -0.378 e. The molecule has 8 nitrogen and oxygen atoms in total. The highest BCUT2D eigenvalue weighted by molar-refractivity contribution is 5.83. The van der Waals surface area contributed by atoms with Gasteiger partial charge < -0.3 is 14.5 Å². The third kappa shape index (κ3) is 5.14. The predicted molar refractivity (Wildman–Crippen MR) is 127 cm³/mol. The first kappa shape index (κ1) is 21.1. The summed E-state index contributed by atoms with van der Waals surface area (Å²) in [5.41, 5.74) is 5.70. The van der Waals surface area contributed by atoms with Gasteiger partial charge in [-0.15, -0.1) is 5.10 Å². The Labute approximate surface area is 183 Å². The number of hydrogen-bond donors (Lipinski definition) is 1. The van der Waals surface area contributed by atoms with Gasteiger partial charge in [0.2, 0.25) is 0 Å². The molecule has 2 saturated heterocycles. The van der Waals surface area contributed by atoms with Crippen LogP contribution in [0, 0.1) is 0 Å². The van der Waals surface area contributed by atoms with E-state index in [-0.39, 0.29) is 0 Å². The smallest absolute Gasteiger partial charge is 0.162 e. The van der Waals surface area contributed by atoms with Gasteiger partial charge in [-0.25, -0.2) is 4.98 Å². The number of allylic oxidation sites excluding steroid dienone is 4. The second-order valence-electron chi connectivity index (χ2n) is 7.98. The molecule has 0 radical (unpaired) electrons. The summed E-state index contributed by atoms with van der Waals surface area (Å²) in [6.07, 6.45) is 9.11. The fraction of sp³-hybridized carbons (Fsp3) is 0.435. The van der Waals surface area contributed by atoms with Crippen molar-refractivity contribution in [3.05, 3.63) is 48.6 Å². The largest absolute Gasteiger partial charge is 0.378 e. The normalized spacial score (nSPS) is 18.0. The maximum atomic E-state index is 5.54. The molecule has 0 amide bonds. The zero-order valence-corrected chi connectivity index (χ0v) is 18.3. The third-order valence-corrected chi connectivity index (χ3v) is 5.45. The lowest BCUT2D eigenvalue weighted by Gasteiger charge is -2.29. The van der Waals surface area contributed by atoms with E-state index < -0.39 is 0 Å². The number of morpholine rings is 1. The van der Waals surface area contributed by atoms with Crippen molar-refractivity contribution in [2.45, 2.75) is 26.2 Å². The van der Waals surface area contributed by atoms with Crippen molar-refractivity contribution >= 4 is 29.3 Å². The van der Waals surface area contributed by atoms with Gasteiger partial charge in [0.1, 0.15) is 5.82 Å². The molecule has 2 aliphatic heterocycles. The molecule has 4 rings (SSSR count). The zero-order chi connectivity index (χ0) is 21.6. The van der Waals surface area contributed by atoms with Crippen LogP contribution >= 0.6 is 0 Å². The average molecular weight is 422 g/mol. The van der Waals surface area contributed by atoms with Crippen LogP contribution in [0.25, 0.3) is 5.65 Å². The van der Waals surface area contributed by atoms with Crippen LogP contribution in [0.4, 0.5) is 17.5 Å². The Morgan fingerprint density at radius 3 is 2.61 bits per heavy atom. The first-order valence-corrected chi connectivity index (χ1v) is 10.9. The molecule has 0 bridgehead atoms. The third-order valence-electron chi connectivity index (χ3n) is 5.45. The number of hydrazone groups is 1. The summed E-state index contributed by atoms with van der Waals surface area (Å²) in [4.78, 5) is 9.40. The molecule has 8 heteroatoms. The van der Waals surface area contributed by atoms with Crippen molar-refractivity contribution in [2.24, 2.45) is 5.10 Å². The predicted octanol–water partition coefficient (Wildman–Crippen LogP) is 3.64. The summed E-state index contributed by atoms with van der Waals surface area (Å²) < 4.78 is 7.49. The first-order chi connectivity index (χ1) is 15.1. The van der Waals surface area contributed by atoms with Crippen LogP contribution in [0.2, 0.25) is 0 Å². The summed E-state index contributed by atoms with van der Waals surface area (Å²) in [5.74, 6) is 2.66. The molecular formula is C23H31N7O. The van der Waals surface area contributed by atoms with Crippen LogP contribution in [0.15, 0.2) is 53.7 Å². The fourth-order valence-electron chi connectivity index (χ4n) is 3.91. The molecule has 0 aromatic carbocycles. The van der Waals surface area contributed by atoms with Crippen molar-refractivity contribution in [1.82, 2.24) is 14.6 Å². The molecule has 0 aliphatic carbocycles. The van der Waals surface area contributed by atoms with Crippen LogP contribution in [-0.4, -0.2) is 60.2 Å². The van der Waals surface area contributed by atoms with Crippen molar-refractivity contribution in [2.75, 3.05) is 54.6 Å². The highest BCUT2D eigenvalue weighted by Gasteiger charge is 2.20. The Balaban J connectivity index is 1.65. The standard InChI is InChI=1S/C23H31N7O/c1-4-19(14-18(2)3)17-24-26-20-15-23(29-10-12-31-13-11-29)30-21(25-20)16-22(27-30)28-8-6-5-7-9-28/h4,14-17H,1-2,5-13H2,3H3,(H,25,26)/b19-14+,24-17+. The van der Waals surface area contributed by atoms with Gasteiger partial charge in [0, 0.05) is 38.3 Å². The first-order valence-electron chi connectivity index (χ1n) is 10.9. The van der Waals surface area contributed by atoms with Crippen LogP contribution in [-0.2, 0) is 4.74 Å². The summed E-state index contributed by atoms with van der Waals surface area (Å²) in [6.45, 7) is 14.8. The van der Waals surface area contributed by atoms with E-state index in [0.717, 1.165) is 54.6 Å². The molecule has 0 unspecified atom stereocenters. The number of fused-ring (bicyclic) bond motifs is 1. The number of anilines is 3. The van der Waals surface area contributed by atoms with E-state index in [1.54, 1.807) is 12.3 Å². The quantitative estimate of drug-likeness (QED) is 0.418. The summed E-state index contributed by atoms with van der Waals surface area (Å²) >= 11 is 0. The molecule has 31 heavy (non-hydrogen) atoms. The van der Waals surface area contributed by atoms with Gasteiger partial charge in [0.05, 0.1) is 19.4 Å². The number of ether oxygens (including phenoxy) is 1. The fourth-order valence-corrected chi connectivity index (χ4v) is 3.91. The Bertz CT molecular complexity index is 995. The molecule has 2 aliphatic rings. The Morgan fingerprint density at radius 1 is 1.13 bits per heavy atom. The van der Waals surface area contributed by atoms with Crippen molar-refractivity contribution in [3.63, 3.8) is 0 Å². The SMILES string of the molecule is C=CC(/C=N/Nc1cc(N2CCOCC2)n2nc(N3CCCCC3)cc2n1)=C\C(=C)C. The van der Waals surface area contributed by atoms with Gasteiger partial charge in [-0.2, -0.15) is 9.62 Å². The maximum absolute atomic E-state index is 5.54. The second kappa shape index (κ2) is 9.78. The van der Waals surface area contributed by atoms with Crippen molar-refractivity contribution in [1.29, 1.82) is 0 Å². The van der Waals surface area contributed by atoms with E-state index in [1.165, 1.54) is 19.3 Å². The minimum absolute atomic E-state index is 0.675. The van der Waals surface area contributed by atoms with Gasteiger partial charge in [0.15, 0.2) is 17.3 Å². The van der Waals surface area contributed by atoms with Crippen LogP contribution in [0.5, 0.6) is 0 Å². The van der Waals surface area contributed by atoms with E-state index >= 15 is 0 Å². The topological polar surface area (TPSA) is 70.3 Å². The lowest BCUT2D eigenvalue weighted by Crippen LogP contribution is -2.37. The summed E-state index contributed by atoms with van der Waals surface area (Å²) in [6, 6.07) is 4.07. The molecule has 2 aromatic heterocycles. The molecule has 2 fully saturated rings. The second-order valence-corrected chi connectivity index (χ2v) is 7.98. The molecular weight excluding hydrogens is 390 g/mol. The molecule has 0 saturated carbocycles. The Morgan fingerprint density at radius 2 is 1.90 bits per heavy atom. The Hall–Kier alpha value is -3.13. The number of hydrogen-bond acceptors (Lipinski definition) is 7. The molecule has 0 spiro atoms. The van der Waals surface area contributed by atoms with Gasteiger partial charge in [0.25, 0.3) is 0 Å². The number of nitrogens with zero attached hydrogens (tertiary/aromatic N) is 6. The lowest BCUT2D eigenvalue weighted by atomic mass is 10.1. The van der Waals surface area contributed by atoms with Gasteiger partial charge in [-0.05, 0) is 31.8 Å². The highest BCUT2D eigenvalue weighted by atomic mass is 16.5. The molecule has 164 valence electrons. The monoisotopic (exact) mass is 421 g/mol. The molecule has 1 N–H and O–H groups in total. The number of rotatable bonds is 7. The average Bonchev–Trinajstić information content (AvgIpc) is 3.23. The Kier molecular flexibility index (Phi) is 6.66. The molecule has 2 aromatic rings. The van der Waals surface area contributed by atoms with E-state index in [4.69, 9.17) is 14.8 Å². The molecule has 0 atom stereocenters. The van der Waals surface area contributed by atoms with Crippen LogP contribution in [0.1, 0.15) is 26.2 Å². The van der Waals surface area contributed by atoms with Gasteiger partial charge >= 0.3 is 0 Å². The molecule has 4 heterocycles. The van der Waals surface area contributed by atoms with E-state index in [1.807, 2.05) is 23.6 Å². The number of nitrogens with one attached hydrogen (secondary N) is 1.